The molecule has 1 amide bonds. The second-order valence-electron chi connectivity index (χ2n) is 22.1. The lowest BCUT2D eigenvalue weighted by Crippen LogP contribution is -2.65. The van der Waals surface area contributed by atoms with Crippen LogP contribution in [0.5, 0.6) is 0 Å². The zero-order valence-corrected chi connectivity index (χ0v) is 37.0. The number of allylic oxidation sites excluding steroid dienone is 2. The molecule has 2 saturated heterocycles. The number of nitrogens with one attached hydrogen (secondary N) is 1. The summed E-state index contributed by atoms with van der Waals surface area (Å²) in [6.07, 6.45) is -2.13. The Bertz CT molecular complexity index is 1820. The predicted molar refractivity (Wildman–Crippen MR) is 219 cm³/mol. The number of carbonyl (C=O) groups excluding carboxylic acids is 1. The molecular weight excluding hydrogens is 789 g/mol. The molecule has 2 aliphatic heterocycles. The van der Waals surface area contributed by atoms with E-state index in [1.807, 2.05) is 0 Å². The number of hydrogen-bond donors (Lipinski definition) is 9. The van der Waals surface area contributed by atoms with Gasteiger partial charge in [0.2, 0.25) is 5.91 Å². The average Bonchev–Trinajstić information content (AvgIpc) is 3.69. The van der Waals surface area contributed by atoms with Gasteiger partial charge in [-0.25, -0.2) is 4.68 Å². The summed E-state index contributed by atoms with van der Waals surface area (Å²) in [7, 11) is 0. The average molecular weight is 861 g/mol. The fourth-order valence-corrected chi connectivity index (χ4v) is 14.3. The van der Waals surface area contributed by atoms with E-state index in [0.29, 0.717) is 17.5 Å². The van der Waals surface area contributed by atoms with Crippen LogP contribution in [0.1, 0.15) is 125 Å². The van der Waals surface area contributed by atoms with Gasteiger partial charge in [-0.1, -0.05) is 65.3 Å². The van der Waals surface area contributed by atoms with Gasteiger partial charge >= 0.3 is 0 Å². The van der Waals surface area contributed by atoms with Crippen molar-refractivity contribution in [1.29, 1.82) is 0 Å². The topological polar surface area (TPSA) is 249 Å². The first-order chi connectivity index (χ1) is 28.6. The predicted octanol–water partition coefficient (Wildman–Crippen LogP) is 1.85. The van der Waals surface area contributed by atoms with Crippen LogP contribution in [0.15, 0.2) is 17.8 Å². The van der Waals surface area contributed by atoms with E-state index in [1.54, 1.807) is 0 Å². The minimum absolute atomic E-state index is 0.00867. The summed E-state index contributed by atoms with van der Waals surface area (Å²) in [6.45, 7) is 15.5. The zero-order valence-electron chi connectivity index (χ0n) is 37.0. The first-order valence-electron chi connectivity index (χ1n) is 22.7. The van der Waals surface area contributed by atoms with Crippen LogP contribution in [0.4, 0.5) is 0 Å². The first-order valence-corrected chi connectivity index (χ1v) is 22.7. The lowest BCUT2D eigenvalue weighted by Gasteiger charge is -2.71. The Kier molecular flexibility index (Phi) is 11.8. The SMILES string of the molecule is CC1(C)CC[C@]2(C(=O)NCc3cn([C@@H]4O[C@H](CO)[C@@H](O[C@H]5O[C@H](CO)[C@@H](O)[C@H](O)[C@H]5O)[C@H](O)[C@H]4O)nn3)CC[C@]3(C)C(=CC[C@@H]4[C@@]5(C)CC[C@H](O)C(C)(C)[C@@H]5CC[C@]43C)[C@@H]2C1. The Morgan fingerprint density at radius 1 is 0.820 bits per heavy atom. The first kappa shape index (κ1) is 45.5. The van der Waals surface area contributed by atoms with E-state index in [9.17, 15) is 45.6 Å². The van der Waals surface area contributed by atoms with Gasteiger partial charge in [0.15, 0.2) is 12.5 Å². The van der Waals surface area contributed by atoms with E-state index < -0.39 is 80.0 Å². The number of aliphatic hydroxyl groups is 8. The van der Waals surface area contributed by atoms with Crippen molar-refractivity contribution >= 4 is 5.91 Å². The molecule has 0 bridgehead atoms. The van der Waals surface area contributed by atoms with Gasteiger partial charge in [0.25, 0.3) is 0 Å². The molecule has 5 aliphatic carbocycles. The highest BCUT2D eigenvalue weighted by Crippen LogP contribution is 2.75. The van der Waals surface area contributed by atoms with Crippen molar-refractivity contribution in [2.75, 3.05) is 13.2 Å². The van der Waals surface area contributed by atoms with Crippen molar-refractivity contribution in [3.05, 3.63) is 23.5 Å². The Hall–Kier alpha value is -2.09. The summed E-state index contributed by atoms with van der Waals surface area (Å²) in [5, 5.41) is 95.8. The van der Waals surface area contributed by atoms with Crippen LogP contribution in [0, 0.1) is 50.2 Å². The highest BCUT2D eigenvalue weighted by Gasteiger charge is 2.69. The van der Waals surface area contributed by atoms with Crippen LogP contribution >= 0.6 is 0 Å². The summed E-state index contributed by atoms with van der Waals surface area (Å²) < 4.78 is 18.3. The van der Waals surface area contributed by atoms with Crippen molar-refractivity contribution in [1.82, 2.24) is 20.3 Å². The van der Waals surface area contributed by atoms with Crippen LogP contribution in [0.25, 0.3) is 0 Å². The number of fused-ring (bicyclic) bond motifs is 7. The van der Waals surface area contributed by atoms with Crippen LogP contribution in [-0.2, 0) is 25.5 Å². The molecule has 0 aromatic carbocycles. The summed E-state index contributed by atoms with van der Waals surface area (Å²) in [4.78, 5) is 14.8. The molecule has 0 spiro atoms. The largest absolute Gasteiger partial charge is 0.394 e. The minimum Gasteiger partial charge on any atom is -0.394 e. The second-order valence-corrected chi connectivity index (χ2v) is 22.1. The molecule has 1 aromatic heterocycles. The summed E-state index contributed by atoms with van der Waals surface area (Å²) >= 11 is 0. The van der Waals surface area contributed by atoms with Crippen molar-refractivity contribution in [3.8, 4) is 0 Å². The molecule has 16 nitrogen and oxygen atoms in total. The van der Waals surface area contributed by atoms with Crippen LogP contribution in [0.3, 0.4) is 0 Å². The fraction of sp³-hybridized carbons (Fsp3) is 0.889. The molecule has 9 N–H and O–H groups in total. The fourth-order valence-electron chi connectivity index (χ4n) is 14.3. The number of aliphatic hydroxyl groups excluding tert-OH is 8. The van der Waals surface area contributed by atoms with Gasteiger partial charge in [-0.2, -0.15) is 0 Å². The molecule has 344 valence electrons. The Balaban J connectivity index is 0.976. The smallest absolute Gasteiger partial charge is 0.227 e. The lowest BCUT2D eigenvalue weighted by molar-refractivity contribution is -0.347. The number of amides is 1. The zero-order chi connectivity index (χ0) is 44.2. The third-order valence-corrected chi connectivity index (χ3v) is 18.3. The maximum Gasteiger partial charge on any atom is 0.227 e. The number of ether oxygens (including phenoxy) is 3. The van der Waals surface area contributed by atoms with Crippen LogP contribution in [-0.4, -0.2) is 136 Å². The Morgan fingerprint density at radius 3 is 2.23 bits per heavy atom. The molecule has 16 heteroatoms. The molecular formula is C45H72N4O12. The van der Waals surface area contributed by atoms with E-state index >= 15 is 0 Å². The monoisotopic (exact) mass is 861 g/mol. The minimum atomic E-state index is -1.77. The van der Waals surface area contributed by atoms with Gasteiger partial charge in [0.05, 0.1) is 37.5 Å². The van der Waals surface area contributed by atoms with Crippen LogP contribution < -0.4 is 5.32 Å². The van der Waals surface area contributed by atoms with Crippen molar-refractivity contribution in [2.45, 2.75) is 187 Å². The number of aromatic nitrogens is 3. The maximum atomic E-state index is 14.8. The van der Waals surface area contributed by atoms with Gasteiger partial charge in [0, 0.05) is 0 Å². The molecule has 4 saturated carbocycles. The van der Waals surface area contributed by atoms with Crippen molar-refractivity contribution < 1.29 is 59.9 Å². The molecule has 18 atom stereocenters. The number of nitrogens with zero attached hydrogens (tertiary/aromatic N) is 3. The standard InChI is InChI=1S/C45H72N4O12/c1-40(2)14-16-45(17-15-43(6)24(25(45)18-40)8-9-29-42(5)12-11-30(52)41(3,4)28(42)10-13-44(29,43)7)39(58)46-19-23-20-49(48-47-23)37-34(56)33(55)36(27(22-51)59-37)61-38-35(57)32(54)31(53)26(21-50)60-38/h8,20,25-38,50-57H,9-19,21-22H2,1-7H3,(H,46,58)/t25-,26+,27+,28-,29+,30-,31+,32-,33+,34+,35+,36+,37+,38+,42-,43+,44+,45-/m0/s1. The van der Waals surface area contributed by atoms with Gasteiger partial charge < -0.3 is 60.4 Å². The van der Waals surface area contributed by atoms with Gasteiger partial charge in [0.1, 0.15) is 54.5 Å². The van der Waals surface area contributed by atoms with Crippen molar-refractivity contribution in [3.63, 3.8) is 0 Å². The van der Waals surface area contributed by atoms with Crippen LogP contribution in [0.2, 0.25) is 0 Å². The van der Waals surface area contributed by atoms with Crippen molar-refractivity contribution in [2.24, 2.45) is 50.2 Å². The lowest BCUT2D eigenvalue weighted by atomic mass is 9.33. The molecule has 61 heavy (non-hydrogen) atoms. The third-order valence-electron chi connectivity index (χ3n) is 18.3. The van der Waals surface area contributed by atoms with E-state index in [0.717, 1.165) is 64.2 Å². The molecule has 0 radical (unpaired) electrons. The second kappa shape index (κ2) is 15.8. The normalized spacial score (nSPS) is 49.1. The quantitative estimate of drug-likeness (QED) is 0.170. The number of rotatable bonds is 8. The van der Waals surface area contributed by atoms with E-state index in [2.05, 4.69) is 70.2 Å². The third kappa shape index (κ3) is 6.99. The summed E-state index contributed by atoms with van der Waals surface area (Å²) in [5.41, 5.74) is 1.42. The molecule has 6 fully saturated rings. The van der Waals surface area contributed by atoms with E-state index in [-0.39, 0.29) is 51.5 Å². The molecule has 8 rings (SSSR count). The van der Waals surface area contributed by atoms with E-state index in [4.69, 9.17) is 14.2 Å². The maximum absolute atomic E-state index is 14.8. The van der Waals surface area contributed by atoms with Gasteiger partial charge in [-0.05, 0) is 109 Å². The molecule has 3 heterocycles. The Morgan fingerprint density at radius 2 is 1.52 bits per heavy atom. The van der Waals surface area contributed by atoms with Gasteiger partial charge in [-0.15, -0.1) is 5.10 Å². The molecule has 7 aliphatic rings. The summed E-state index contributed by atoms with van der Waals surface area (Å²) in [6, 6.07) is 0. The van der Waals surface area contributed by atoms with Gasteiger partial charge in [-0.3, -0.25) is 4.79 Å². The van der Waals surface area contributed by atoms with E-state index in [1.165, 1.54) is 16.5 Å². The highest BCUT2D eigenvalue weighted by molar-refractivity contribution is 5.84. The summed E-state index contributed by atoms with van der Waals surface area (Å²) in [5.74, 6) is 1.07. The number of hydrogen-bond acceptors (Lipinski definition) is 14. The Labute approximate surface area is 359 Å². The number of carbonyl (C=O) groups is 1. The highest BCUT2D eigenvalue weighted by atomic mass is 16.7. The molecule has 0 unspecified atom stereocenters. The molecule has 1 aromatic rings.